The molecule has 19 heavy (non-hydrogen) atoms. The molecule has 0 aliphatic carbocycles. The number of aliphatic carboxylic acids is 1. The van der Waals surface area contributed by atoms with E-state index in [0.717, 1.165) is 0 Å². The summed E-state index contributed by atoms with van der Waals surface area (Å²) < 4.78 is 5.12. The smallest absolute Gasteiger partial charge is 0.323 e. The van der Waals surface area contributed by atoms with Crippen molar-refractivity contribution in [1.82, 2.24) is 20.8 Å². The van der Waals surface area contributed by atoms with Gasteiger partial charge >= 0.3 is 12.0 Å². The summed E-state index contributed by atoms with van der Waals surface area (Å²) in [4.78, 5) is 21.3. The van der Waals surface area contributed by atoms with Crippen molar-refractivity contribution in [3.8, 4) is 0 Å². The second kappa shape index (κ2) is 6.66. The minimum Gasteiger partial charge on any atom is -0.480 e. The zero-order valence-corrected chi connectivity index (χ0v) is 10.2. The number of aliphatic hydroxyl groups is 1. The van der Waals surface area contributed by atoms with E-state index in [1.807, 2.05) is 0 Å². The maximum atomic E-state index is 11.1. The van der Waals surface area contributed by atoms with E-state index in [2.05, 4.69) is 20.8 Å². The van der Waals surface area contributed by atoms with Gasteiger partial charge in [0.2, 0.25) is 11.8 Å². The largest absolute Gasteiger partial charge is 0.480 e. The van der Waals surface area contributed by atoms with Crippen LogP contribution in [0, 0.1) is 0 Å². The van der Waals surface area contributed by atoms with Crippen LogP contribution >= 0.6 is 0 Å². The fourth-order valence-electron chi connectivity index (χ4n) is 1.05. The van der Waals surface area contributed by atoms with Gasteiger partial charge in [-0.1, -0.05) is 0 Å². The monoisotopic (exact) mass is 273 g/mol. The molecule has 0 saturated heterocycles. The highest BCUT2D eigenvalue weighted by atomic mass is 16.4. The van der Waals surface area contributed by atoms with E-state index >= 15 is 0 Å². The van der Waals surface area contributed by atoms with Gasteiger partial charge in [-0.05, 0) is 6.92 Å². The molecule has 106 valence electrons. The summed E-state index contributed by atoms with van der Waals surface area (Å²) >= 11 is 0. The van der Waals surface area contributed by atoms with Crippen LogP contribution in [-0.2, 0) is 11.3 Å². The average molecular weight is 273 g/mol. The van der Waals surface area contributed by atoms with Gasteiger partial charge in [-0.2, -0.15) is 0 Å². The van der Waals surface area contributed by atoms with Crippen molar-refractivity contribution in [2.75, 3.05) is 6.54 Å². The summed E-state index contributed by atoms with van der Waals surface area (Å²) in [5.74, 6) is -1.01. The molecule has 0 aromatic carbocycles. The number of aromatic nitrogens is 2. The zero-order chi connectivity index (χ0) is 14.4. The topological polar surface area (TPSA) is 164 Å². The number of aliphatic hydroxyl groups excluding tert-OH is 1. The standard InChI is InChI=1S/C9H15N5O5/c1-4(15)7(10)8-14-13-5(19-8)2-11-9(18)12-3-6(16)17/h4,7,15H,2-3,10H2,1H3,(H,16,17)(H2,11,12,18). The fraction of sp³-hybridized carbons (Fsp3) is 0.556. The number of amides is 2. The van der Waals surface area contributed by atoms with E-state index in [4.69, 9.17) is 15.3 Å². The van der Waals surface area contributed by atoms with Crippen LogP contribution in [0.2, 0.25) is 0 Å². The molecule has 1 aromatic rings. The van der Waals surface area contributed by atoms with E-state index < -0.39 is 30.7 Å². The summed E-state index contributed by atoms with van der Waals surface area (Å²) in [5.41, 5.74) is 5.58. The lowest BCUT2D eigenvalue weighted by Gasteiger charge is -2.08. The Bertz CT molecular complexity index is 446. The number of carboxylic acids is 1. The predicted molar refractivity (Wildman–Crippen MR) is 60.8 cm³/mol. The lowest BCUT2D eigenvalue weighted by atomic mass is 10.2. The third-order valence-corrected chi connectivity index (χ3v) is 2.09. The number of nitrogens with one attached hydrogen (secondary N) is 2. The van der Waals surface area contributed by atoms with Gasteiger partial charge in [-0.3, -0.25) is 4.79 Å². The molecule has 10 nitrogen and oxygen atoms in total. The molecule has 0 saturated carbocycles. The first kappa shape index (κ1) is 14.9. The summed E-state index contributed by atoms with van der Waals surface area (Å²) in [6.07, 6.45) is -0.847. The molecular weight excluding hydrogens is 258 g/mol. The first-order valence-corrected chi connectivity index (χ1v) is 5.39. The number of nitrogens with two attached hydrogens (primary N) is 1. The second-order valence-electron chi connectivity index (χ2n) is 3.73. The third-order valence-electron chi connectivity index (χ3n) is 2.09. The Morgan fingerprint density at radius 1 is 1.42 bits per heavy atom. The minimum absolute atomic E-state index is 0.0535. The molecule has 2 atom stereocenters. The number of hydrogen-bond donors (Lipinski definition) is 5. The van der Waals surface area contributed by atoms with Crippen LogP contribution in [0.4, 0.5) is 4.79 Å². The molecule has 1 heterocycles. The molecule has 0 aliphatic heterocycles. The van der Waals surface area contributed by atoms with Crippen LogP contribution in [0.15, 0.2) is 4.42 Å². The molecule has 0 radical (unpaired) electrons. The SMILES string of the molecule is CC(O)C(N)c1nnc(CNC(=O)NCC(=O)O)o1. The van der Waals surface area contributed by atoms with Gasteiger partial charge in [0.05, 0.1) is 12.6 Å². The van der Waals surface area contributed by atoms with E-state index in [9.17, 15) is 14.7 Å². The molecule has 0 aliphatic rings. The van der Waals surface area contributed by atoms with E-state index in [1.165, 1.54) is 6.92 Å². The quantitative estimate of drug-likeness (QED) is 0.410. The summed E-state index contributed by atoms with van der Waals surface area (Å²) in [6, 6.07) is -1.48. The van der Waals surface area contributed by atoms with Crippen molar-refractivity contribution in [1.29, 1.82) is 0 Å². The highest BCUT2D eigenvalue weighted by molar-refractivity contribution is 5.79. The molecule has 10 heteroatoms. The van der Waals surface area contributed by atoms with Crippen LogP contribution in [0.1, 0.15) is 24.7 Å². The number of carbonyl (C=O) groups excluding carboxylic acids is 1. The van der Waals surface area contributed by atoms with Gasteiger partial charge in [0.25, 0.3) is 0 Å². The Labute approximate surface area is 108 Å². The summed E-state index contributed by atoms with van der Waals surface area (Å²) in [5, 5.41) is 29.2. The third kappa shape index (κ3) is 4.89. The molecule has 0 spiro atoms. The molecule has 1 rings (SSSR count). The summed E-state index contributed by atoms with van der Waals surface area (Å²) in [7, 11) is 0. The van der Waals surface area contributed by atoms with Crippen LogP contribution < -0.4 is 16.4 Å². The Morgan fingerprint density at radius 3 is 2.68 bits per heavy atom. The molecule has 2 unspecified atom stereocenters. The normalized spacial score (nSPS) is 13.6. The maximum absolute atomic E-state index is 11.1. The van der Waals surface area contributed by atoms with Crippen molar-refractivity contribution >= 4 is 12.0 Å². The predicted octanol–water partition coefficient (Wildman–Crippen LogP) is -1.67. The highest BCUT2D eigenvalue weighted by Gasteiger charge is 2.19. The number of carboxylic acid groups (broad SMARTS) is 1. The van der Waals surface area contributed by atoms with Gasteiger partial charge in [-0.25, -0.2) is 4.79 Å². The Hall–Kier alpha value is -2.20. The van der Waals surface area contributed by atoms with E-state index in [0.29, 0.717) is 0 Å². The molecular formula is C9H15N5O5. The summed E-state index contributed by atoms with van der Waals surface area (Å²) in [6.45, 7) is 0.908. The van der Waals surface area contributed by atoms with Crippen LogP contribution in [-0.4, -0.2) is 45.1 Å². The van der Waals surface area contributed by atoms with Crippen molar-refractivity contribution in [2.24, 2.45) is 5.73 Å². The number of rotatable bonds is 6. The zero-order valence-electron chi connectivity index (χ0n) is 10.2. The molecule has 0 fully saturated rings. The number of nitrogens with zero attached hydrogens (tertiary/aromatic N) is 2. The van der Waals surface area contributed by atoms with E-state index in [-0.39, 0.29) is 18.3 Å². The Kier molecular flexibility index (Phi) is 5.21. The molecule has 6 N–H and O–H groups in total. The minimum atomic E-state index is -1.15. The van der Waals surface area contributed by atoms with Crippen molar-refractivity contribution in [3.63, 3.8) is 0 Å². The van der Waals surface area contributed by atoms with Gasteiger partial charge < -0.3 is 31.0 Å². The average Bonchev–Trinajstić information content (AvgIpc) is 2.81. The maximum Gasteiger partial charge on any atom is 0.323 e. The Balaban J connectivity index is 2.42. The first-order chi connectivity index (χ1) is 8.90. The van der Waals surface area contributed by atoms with Crippen LogP contribution in [0.3, 0.4) is 0 Å². The van der Waals surface area contributed by atoms with Gasteiger partial charge in [0.1, 0.15) is 12.6 Å². The van der Waals surface area contributed by atoms with Gasteiger partial charge in [0, 0.05) is 0 Å². The molecule has 1 aromatic heterocycles. The lowest BCUT2D eigenvalue weighted by Crippen LogP contribution is -2.38. The first-order valence-electron chi connectivity index (χ1n) is 5.39. The molecule has 2 amide bonds. The number of carbonyl (C=O) groups is 2. The van der Waals surface area contributed by atoms with Crippen molar-refractivity contribution in [2.45, 2.75) is 25.6 Å². The van der Waals surface area contributed by atoms with Gasteiger partial charge in [0.15, 0.2) is 0 Å². The lowest BCUT2D eigenvalue weighted by molar-refractivity contribution is -0.135. The fourth-order valence-corrected chi connectivity index (χ4v) is 1.05. The van der Waals surface area contributed by atoms with Crippen LogP contribution in [0.25, 0.3) is 0 Å². The van der Waals surface area contributed by atoms with Crippen molar-refractivity contribution in [3.05, 3.63) is 11.8 Å². The molecule has 0 bridgehead atoms. The highest BCUT2D eigenvalue weighted by Crippen LogP contribution is 2.12. The van der Waals surface area contributed by atoms with Crippen LogP contribution in [0.5, 0.6) is 0 Å². The number of hydrogen-bond acceptors (Lipinski definition) is 7. The van der Waals surface area contributed by atoms with Gasteiger partial charge in [-0.15, -0.1) is 10.2 Å². The number of urea groups is 1. The second-order valence-corrected chi connectivity index (χ2v) is 3.73. The van der Waals surface area contributed by atoms with Crippen molar-refractivity contribution < 1.29 is 24.2 Å². The Morgan fingerprint density at radius 2 is 2.11 bits per heavy atom. The van der Waals surface area contributed by atoms with E-state index in [1.54, 1.807) is 0 Å².